The second-order valence-corrected chi connectivity index (χ2v) is 8.51. The lowest BCUT2D eigenvalue weighted by molar-refractivity contribution is -0.146. The van der Waals surface area contributed by atoms with Gasteiger partial charge in [-0.15, -0.1) is 0 Å². The zero-order valence-corrected chi connectivity index (χ0v) is 19.8. The Kier molecular flexibility index (Phi) is 15.3. The average molecular weight is 487 g/mol. The molecule has 6 heteroatoms. The summed E-state index contributed by atoms with van der Waals surface area (Å²) in [4.78, 5) is 23.5. The van der Waals surface area contributed by atoms with Crippen molar-refractivity contribution in [3.63, 3.8) is 0 Å². The molecule has 30 heavy (non-hydrogen) atoms. The standard InChI is InChI=1S/C24H36BrFO4/c1-2-3-4-5-6-7-8-9-10-11-17-29-23(27)13-12-14-24(28)30-19-20-18-21(26)15-16-22(20)25/h15-16,18H,2-14,17,19H2,1H3. The number of unbranched alkanes of at least 4 members (excludes halogenated alkanes) is 9. The van der Waals surface area contributed by atoms with E-state index >= 15 is 0 Å². The van der Waals surface area contributed by atoms with Crippen molar-refractivity contribution in [2.24, 2.45) is 0 Å². The largest absolute Gasteiger partial charge is 0.466 e. The first kappa shape index (κ1) is 26.6. The first-order valence-electron chi connectivity index (χ1n) is 11.3. The molecule has 0 fully saturated rings. The summed E-state index contributed by atoms with van der Waals surface area (Å²) >= 11 is 3.29. The molecule has 0 saturated heterocycles. The summed E-state index contributed by atoms with van der Waals surface area (Å²) in [6, 6.07) is 4.22. The van der Waals surface area contributed by atoms with Gasteiger partial charge in [0.05, 0.1) is 6.61 Å². The molecule has 0 atom stereocenters. The lowest BCUT2D eigenvalue weighted by atomic mass is 10.1. The van der Waals surface area contributed by atoms with E-state index in [1.807, 2.05) is 0 Å². The van der Waals surface area contributed by atoms with Crippen LogP contribution in [0.5, 0.6) is 0 Å². The van der Waals surface area contributed by atoms with E-state index in [0.29, 0.717) is 23.1 Å². The highest BCUT2D eigenvalue weighted by atomic mass is 79.9. The van der Waals surface area contributed by atoms with Crippen molar-refractivity contribution in [2.75, 3.05) is 6.61 Å². The molecule has 0 N–H and O–H groups in total. The molecule has 0 heterocycles. The van der Waals surface area contributed by atoms with E-state index in [4.69, 9.17) is 9.47 Å². The fourth-order valence-electron chi connectivity index (χ4n) is 3.11. The van der Waals surface area contributed by atoms with Crippen molar-refractivity contribution in [1.29, 1.82) is 0 Å². The van der Waals surface area contributed by atoms with Gasteiger partial charge < -0.3 is 9.47 Å². The number of halogens is 2. The fourth-order valence-corrected chi connectivity index (χ4v) is 3.47. The Hall–Kier alpha value is -1.43. The number of hydrogen-bond acceptors (Lipinski definition) is 4. The fraction of sp³-hybridized carbons (Fsp3) is 0.667. The number of hydrogen-bond donors (Lipinski definition) is 0. The van der Waals surface area contributed by atoms with Crippen molar-refractivity contribution in [3.8, 4) is 0 Å². The van der Waals surface area contributed by atoms with Crippen LogP contribution in [0.2, 0.25) is 0 Å². The summed E-state index contributed by atoms with van der Waals surface area (Å²) in [7, 11) is 0. The quantitative estimate of drug-likeness (QED) is 0.171. The number of carbonyl (C=O) groups is 2. The minimum atomic E-state index is -0.409. The molecule has 0 aliphatic carbocycles. The minimum Gasteiger partial charge on any atom is -0.466 e. The molecule has 0 saturated carbocycles. The summed E-state index contributed by atoms with van der Waals surface area (Å²) in [5.41, 5.74) is 0.569. The normalized spacial score (nSPS) is 10.8. The molecule has 0 radical (unpaired) electrons. The Morgan fingerprint density at radius 1 is 0.833 bits per heavy atom. The smallest absolute Gasteiger partial charge is 0.306 e. The van der Waals surface area contributed by atoms with Crippen LogP contribution in [0.1, 0.15) is 96.0 Å². The van der Waals surface area contributed by atoms with Gasteiger partial charge in [0, 0.05) is 22.9 Å². The second-order valence-electron chi connectivity index (χ2n) is 7.65. The number of benzene rings is 1. The van der Waals surface area contributed by atoms with E-state index in [0.717, 1.165) is 12.8 Å². The Labute approximate surface area is 189 Å². The molecule has 0 aliphatic rings. The summed E-state index contributed by atoms with van der Waals surface area (Å²) in [5.74, 6) is -1.06. The van der Waals surface area contributed by atoms with Crippen LogP contribution in [-0.2, 0) is 25.7 Å². The molecule has 1 aromatic carbocycles. The minimum absolute atomic E-state index is 0.000360. The van der Waals surface area contributed by atoms with Crippen LogP contribution in [0, 0.1) is 5.82 Å². The number of ether oxygens (including phenoxy) is 2. The maximum atomic E-state index is 13.2. The highest BCUT2D eigenvalue weighted by Crippen LogP contribution is 2.19. The van der Waals surface area contributed by atoms with Gasteiger partial charge in [-0.25, -0.2) is 4.39 Å². The predicted molar refractivity (Wildman–Crippen MR) is 121 cm³/mol. The van der Waals surface area contributed by atoms with E-state index in [-0.39, 0.29) is 31.2 Å². The third kappa shape index (κ3) is 13.7. The maximum Gasteiger partial charge on any atom is 0.306 e. The third-order valence-electron chi connectivity index (χ3n) is 4.92. The van der Waals surface area contributed by atoms with Crippen molar-refractivity contribution in [2.45, 2.75) is 97.0 Å². The van der Waals surface area contributed by atoms with Gasteiger partial charge in [0.15, 0.2) is 0 Å². The lowest BCUT2D eigenvalue weighted by Crippen LogP contribution is -2.09. The molecular formula is C24H36BrFO4. The van der Waals surface area contributed by atoms with Crippen LogP contribution in [-0.4, -0.2) is 18.5 Å². The van der Waals surface area contributed by atoms with Crippen molar-refractivity contribution >= 4 is 27.9 Å². The van der Waals surface area contributed by atoms with Gasteiger partial charge in [-0.05, 0) is 31.0 Å². The van der Waals surface area contributed by atoms with E-state index in [2.05, 4.69) is 22.9 Å². The molecule has 0 spiro atoms. The Morgan fingerprint density at radius 2 is 1.40 bits per heavy atom. The topological polar surface area (TPSA) is 52.6 Å². The summed E-state index contributed by atoms with van der Waals surface area (Å²) in [6.07, 6.45) is 13.1. The van der Waals surface area contributed by atoms with E-state index in [9.17, 15) is 14.0 Å². The monoisotopic (exact) mass is 486 g/mol. The molecule has 0 aliphatic heterocycles. The second kappa shape index (κ2) is 17.3. The molecule has 4 nitrogen and oxygen atoms in total. The number of rotatable bonds is 17. The lowest BCUT2D eigenvalue weighted by Gasteiger charge is -2.07. The zero-order chi connectivity index (χ0) is 22.0. The number of esters is 2. The molecule has 0 amide bonds. The van der Waals surface area contributed by atoms with E-state index < -0.39 is 5.97 Å². The highest BCUT2D eigenvalue weighted by Gasteiger charge is 2.09. The van der Waals surface area contributed by atoms with Crippen molar-refractivity contribution in [1.82, 2.24) is 0 Å². The molecule has 170 valence electrons. The maximum absolute atomic E-state index is 13.2. The summed E-state index contributed by atoms with van der Waals surface area (Å²) in [6.45, 7) is 2.69. The van der Waals surface area contributed by atoms with Crippen molar-refractivity contribution in [3.05, 3.63) is 34.1 Å². The predicted octanol–water partition coefficient (Wildman–Crippen LogP) is 7.27. The molecule has 0 aromatic heterocycles. The zero-order valence-electron chi connectivity index (χ0n) is 18.2. The van der Waals surface area contributed by atoms with Crippen LogP contribution in [0.3, 0.4) is 0 Å². The summed E-state index contributed by atoms with van der Waals surface area (Å²) < 4.78 is 24.2. The summed E-state index contributed by atoms with van der Waals surface area (Å²) in [5, 5.41) is 0. The van der Waals surface area contributed by atoms with Gasteiger partial charge in [0.2, 0.25) is 0 Å². The molecule has 1 aromatic rings. The Morgan fingerprint density at radius 3 is 2.03 bits per heavy atom. The van der Waals surface area contributed by atoms with Crippen molar-refractivity contribution < 1.29 is 23.5 Å². The molecule has 1 rings (SSSR count). The van der Waals surface area contributed by atoms with Crippen LogP contribution in [0.4, 0.5) is 4.39 Å². The van der Waals surface area contributed by atoms with Gasteiger partial charge in [-0.2, -0.15) is 0 Å². The average Bonchev–Trinajstić information content (AvgIpc) is 2.72. The van der Waals surface area contributed by atoms with Crippen LogP contribution >= 0.6 is 15.9 Å². The van der Waals surface area contributed by atoms with Gasteiger partial charge in [-0.1, -0.05) is 80.6 Å². The Balaban J connectivity index is 1.95. The van der Waals surface area contributed by atoms with Gasteiger partial charge in [0.25, 0.3) is 0 Å². The van der Waals surface area contributed by atoms with Crippen LogP contribution in [0.25, 0.3) is 0 Å². The van der Waals surface area contributed by atoms with Gasteiger partial charge >= 0.3 is 11.9 Å². The Bertz CT molecular complexity index is 621. The highest BCUT2D eigenvalue weighted by molar-refractivity contribution is 9.10. The van der Waals surface area contributed by atoms with Gasteiger partial charge in [0.1, 0.15) is 12.4 Å². The first-order chi connectivity index (χ1) is 14.5. The molecule has 0 bridgehead atoms. The first-order valence-corrected chi connectivity index (χ1v) is 12.1. The van der Waals surface area contributed by atoms with E-state index in [1.54, 1.807) is 6.07 Å². The van der Waals surface area contributed by atoms with E-state index in [1.165, 1.54) is 63.5 Å². The van der Waals surface area contributed by atoms with Crippen LogP contribution in [0.15, 0.2) is 22.7 Å². The molecular weight excluding hydrogens is 451 g/mol. The third-order valence-corrected chi connectivity index (χ3v) is 5.69. The number of carbonyl (C=O) groups excluding carboxylic acids is 2. The SMILES string of the molecule is CCCCCCCCCCCCOC(=O)CCCC(=O)OCc1cc(F)ccc1Br. The molecule has 0 unspecified atom stereocenters. The van der Waals surface area contributed by atoms with Gasteiger partial charge in [-0.3, -0.25) is 9.59 Å². The van der Waals surface area contributed by atoms with Crippen LogP contribution < -0.4 is 0 Å².